The smallest absolute Gasteiger partial charge is 0.355 e. The van der Waals surface area contributed by atoms with Gasteiger partial charge in [0.1, 0.15) is 11.8 Å². The van der Waals surface area contributed by atoms with E-state index in [2.05, 4.69) is 26.3 Å². The summed E-state index contributed by atoms with van der Waals surface area (Å²) in [5.41, 5.74) is 4.12. The van der Waals surface area contributed by atoms with E-state index in [0.29, 0.717) is 34.0 Å². The largest absolute Gasteiger partial charge is 0.461 e. The lowest BCUT2D eigenvalue weighted by atomic mass is 10.0. The summed E-state index contributed by atoms with van der Waals surface area (Å²) in [5, 5.41) is 12.6. The molecule has 2 heterocycles. The van der Waals surface area contributed by atoms with E-state index in [1.54, 1.807) is 13.8 Å². The summed E-state index contributed by atoms with van der Waals surface area (Å²) in [6.07, 6.45) is 1.48. The summed E-state index contributed by atoms with van der Waals surface area (Å²) in [6, 6.07) is 11.6. The number of H-pyrrole nitrogens is 1. The molecule has 0 saturated heterocycles. The van der Waals surface area contributed by atoms with Gasteiger partial charge in [-0.05, 0) is 38.5 Å². The van der Waals surface area contributed by atoms with Crippen molar-refractivity contribution >= 4 is 17.6 Å². The molecular formula is C20H19N5O2. The summed E-state index contributed by atoms with van der Waals surface area (Å²) in [4.78, 5) is 24.0. The lowest BCUT2D eigenvalue weighted by Crippen LogP contribution is -2.06. The van der Waals surface area contributed by atoms with E-state index in [1.165, 1.54) is 6.20 Å². The van der Waals surface area contributed by atoms with Gasteiger partial charge in [0.2, 0.25) is 5.95 Å². The molecule has 0 fully saturated rings. The van der Waals surface area contributed by atoms with Crippen LogP contribution in [-0.2, 0) is 4.74 Å². The number of anilines is 2. The number of aromatic nitrogens is 3. The molecule has 0 radical (unpaired) electrons. The Bertz CT molecular complexity index is 1020. The van der Waals surface area contributed by atoms with Gasteiger partial charge in [-0.1, -0.05) is 18.2 Å². The number of esters is 1. The third-order valence-corrected chi connectivity index (χ3v) is 4.09. The maximum absolute atomic E-state index is 12.2. The minimum absolute atomic E-state index is 0.285. The van der Waals surface area contributed by atoms with Gasteiger partial charge in [0.05, 0.1) is 24.1 Å². The fourth-order valence-corrected chi connectivity index (χ4v) is 2.88. The molecule has 0 saturated carbocycles. The SMILES string of the molecule is CCOC(=O)c1[nH]c(C)c(-c2nc(Nc3ccccc3)ncc2C#N)c1C. The van der Waals surface area contributed by atoms with E-state index in [4.69, 9.17) is 4.74 Å². The zero-order valence-corrected chi connectivity index (χ0v) is 15.3. The molecule has 136 valence electrons. The number of benzene rings is 1. The van der Waals surface area contributed by atoms with Gasteiger partial charge < -0.3 is 15.0 Å². The lowest BCUT2D eigenvalue weighted by molar-refractivity contribution is 0.0519. The maximum atomic E-state index is 12.2. The molecule has 27 heavy (non-hydrogen) atoms. The number of hydrogen-bond acceptors (Lipinski definition) is 6. The number of ether oxygens (including phenoxy) is 1. The highest BCUT2D eigenvalue weighted by Crippen LogP contribution is 2.31. The van der Waals surface area contributed by atoms with Crippen molar-refractivity contribution in [2.75, 3.05) is 11.9 Å². The molecule has 0 aliphatic heterocycles. The minimum atomic E-state index is -0.431. The van der Waals surface area contributed by atoms with E-state index in [-0.39, 0.29) is 6.61 Å². The number of nitriles is 1. The number of rotatable bonds is 5. The van der Waals surface area contributed by atoms with Crippen molar-refractivity contribution in [2.24, 2.45) is 0 Å². The Hall–Kier alpha value is -3.66. The molecule has 0 atom stereocenters. The average molecular weight is 361 g/mol. The number of carbonyl (C=O) groups is 1. The van der Waals surface area contributed by atoms with Crippen molar-refractivity contribution in [1.82, 2.24) is 15.0 Å². The van der Waals surface area contributed by atoms with Crippen molar-refractivity contribution < 1.29 is 9.53 Å². The highest BCUT2D eigenvalue weighted by atomic mass is 16.5. The first-order chi connectivity index (χ1) is 13.0. The van der Waals surface area contributed by atoms with Gasteiger partial charge in [0, 0.05) is 16.9 Å². The van der Waals surface area contributed by atoms with Gasteiger partial charge in [-0.2, -0.15) is 5.26 Å². The van der Waals surface area contributed by atoms with Crippen molar-refractivity contribution in [3.63, 3.8) is 0 Å². The van der Waals surface area contributed by atoms with Crippen LogP contribution in [-0.4, -0.2) is 27.5 Å². The second-order valence-electron chi connectivity index (χ2n) is 5.90. The van der Waals surface area contributed by atoms with Gasteiger partial charge in [-0.3, -0.25) is 0 Å². The van der Waals surface area contributed by atoms with Gasteiger partial charge in [-0.15, -0.1) is 0 Å². The Labute approximate surface area is 157 Å². The van der Waals surface area contributed by atoms with E-state index in [9.17, 15) is 10.1 Å². The van der Waals surface area contributed by atoms with Gasteiger partial charge in [-0.25, -0.2) is 14.8 Å². The first kappa shape index (κ1) is 18.1. The number of aromatic amines is 1. The van der Waals surface area contributed by atoms with Crippen molar-refractivity contribution in [2.45, 2.75) is 20.8 Å². The molecule has 2 aromatic heterocycles. The molecule has 0 amide bonds. The van der Waals surface area contributed by atoms with Crippen molar-refractivity contribution in [3.8, 4) is 17.3 Å². The van der Waals surface area contributed by atoms with E-state index >= 15 is 0 Å². The first-order valence-electron chi connectivity index (χ1n) is 8.51. The van der Waals surface area contributed by atoms with Crippen LogP contribution in [0.5, 0.6) is 0 Å². The molecule has 7 nitrogen and oxygen atoms in total. The van der Waals surface area contributed by atoms with Crippen LogP contribution < -0.4 is 5.32 Å². The predicted octanol–water partition coefficient (Wildman–Crippen LogP) is 3.88. The van der Waals surface area contributed by atoms with Crippen molar-refractivity contribution in [1.29, 1.82) is 5.26 Å². The maximum Gasteiger partial charge on any atom is 0.355 e. The second kappa shape index (κ2) is 7.70. The van der Waals surface area contributed by atoms with Crippen LogP contribution in [0.2, 0.25) is 0 Å². The zero-order valence-electron chi connectivity index (χ0n) is 15.3. The Morgan fingerprint density at radius 1 is 1.30 bits per heavy atom. The van der Waals surface area contributed by atoms with Gasteiger partial charge in [0.15, 0.2) is 0 Å². The topological polar surface area (TPSA) is 104 Å². The molecule has 7 heteroatoms. The number of carbonyl (C=O) groups excluding carboxylic acids is 1. The number of hydrogen-bond donors (Lipinski definition) is 2. The molecule has 1 aromatic carbocycles. The monoisotopic (exact) mass is 361 g/mol. The standard InChI is InChI=1S/C20H19N5O2/c1-4-27-19(26)17-12(2)16(13(3)23-17)18-14(10-21)11-22-20(25-18)24-15-8-6-5-7-9-15/h5-9,11,23H,4H2,1-3H3,(H,22,24,25). The molecule has 3 rings (SSSR count). The fourth-order valence-electron chi connectivity index (χ4n) is 2.88. The highest BCUT2D eigenvalue weighted by molar-refractivity contribution is 5.93. The third-order valence-electron chi connectivity index (χ3n) is 4.09. The Morgan fingerprint density at radius 3 is 2.70 bits per heavy atom. The number of nitrogens with one attached hydrogen (secondary N) is 2. The number of aryl methyl sites for hydroxylation is 1. The number of para-hydroxylation sites is 1. The minimum Gasteiger partial charge on any atom is -0.461 e. The van der Waals surface area contributed by atoms with Crippen LogP contribution >= 0.6 is 0 Å². The van der Waals surface area contributed by atoms with Gasteiger partial charge in [0.25, 0.3) is 0 Å². The molecule has 0 aliphatic carbocycles. The third kappa shape index (κ3) is 3.65. The second-order valence-corrected chi connectivity index (χ2v) is 5.90. The zero-order chi connectivity index (χ0) is 19.4. The van der Waals surface area contributed by atoms with E-state index in [0.717, 1.165) is 11.4 Å². The molecule has 3 aromatic rings. The summed E-state index contributed by atoms with van der Waals surface area (Å²) >= 11 is 0. The van der Waals surface area contributed by atoms with Crippen molar-refractivity contribution in [3.05, 3.63) is 59.0 Å². The normalized spacial score (nSPS) is 10.3. The molecular weight excluding hydrogens is 342 g/mol. The van der Waals surface area contributed by atoms with E-state index in [1.807, 2.05) is 37.3 Å². The van der Waals surface area contributed by atoms with Crippen LogP contribution in [0.1, 0.15) is 34.2 Å². The lowest BCUT2D eigenvalue weighted by Gasteiger charge is -2.09. The Kier molecular flexibility index (Phi) is 5.18. The molecule has 2 N–H and O–H groups in total. The highest BCUT2D eigenvalue weighted by Gasteiger charge is 2.22. The van der Waals surface area contributed by atoms with Crippen LogP contribution in [0.15, 0.2) is 36.5 Å². The predicted molar refractivity (Wildman–Crippen MR) is 102 cm³/mol. The Morgan fingerprint density at radius 2 is 2.04 bits per heavy atom. The average Bonchev–Trinajstić information content (AvgIpc) is 2.97. The summed E-state index contributed by atoms with van der Waals surface area (Å²) in [6.45, 7) is 5.68. The van der Waals surface area contributed by atoms with Crippen LogP contribution in [0.4, 0.5) is 11.6 Å². The Balaban J connectivity index is 2.07. The molecule has 0 spiro atoms. The molecule has 0 unspecified atom stereocenters. The summed E-state index contributed by atoms with van der Waals surface area (Å²) in [5.74, 6) is -0.0626. The molecule has 0 bridgehead atoms. The summed E-state index contributed by atoms with van der Waals surface area (Å²) < 4.78 is 5.09. The number of nitrogens with zero attached hydrogens (tertiary/aromatic N) is 3. The van der Waals surface area contributed by atoms with Gasteiger partial charge >= 0.3 is 5.97 Å². The quantitative estimate of drug-likeness (QED) is 0.668. The van der Waals surface area contributed by atoms with E-state index < -0.39 is 5.97 Å². The molecule has 0 aliphatic rings. The van der Waals surface area contributed by atoms with Crippen LogP contribution in [0, 0.1) is 25.2 Å². The summed E-state index contributed by atoms with van der Waals surface area (Å²) in [7, 11) is 0. The van der Waals surface area contributed by atoms with Crippen LogP contribution in [0.3, 0.4) is 0 Å². The fraction of sp³-hybridized carbons (Fsp3) is 0.200. The van der Waals surface area contributed by atoms with Crippen LogP contribution in [0.25, 0.3) is 11.3 Å². The first-order valence-corrected chi connectivity index (χ1v) is 8.51.